The van der Waals surface area contributed by atoms with Crippen molar-refractivity contribution < 1.29 is 9.53 Å². The molecular weight excluding hydrogens is 279 g/mol. The van der Waals surface area contributed by atoms with E-state index in [4.69, 9.17) is 4.74 Å². The monoisotopic (exact) mass is 296 g/mol. The van der Waals surface area contributed by atoms with Gasteiger partial charge in [0.05, 0.1) is 6.61 Å². The van der Waals surface area contributed by atoms with E-state index in [1.54, 1.807) is 0 Å². The fourth-order valence-corrected chi connectivity index (χ4v) is 1.44. The topological polar surface area (TPSA) is 26.3 Å². The second-order valence-electron chi connectivity index (χ2n) is 2.69. The average Bonchev–Trinajstić information content (AvgIpc) is 2.11. The summed E-state index contributed by atoms with van der Waals surface area (Å²) in [6.45, 7) is 2.27. The maximum absolute atomic E-state index is 10.8. The number of esters is 1. The highest BCUT2D eigenvalue weighted by Crippen LogP contribution is 2.02. The Hall–Kier alpha value is -0.0600. The van der Waals surface area contributed by atoms with E-state index in [1.807, 2.05) is 13.0 Å². The van der Waals surface area contributed by atoms with Crippen LogP contribution in [0, 0.1) is 0 Å². The highest BCUT2D eigenvalue weighted by molar-refractivity contribution is 14.1. The number of ether oxygens (including phenoxy) is 1. The second kappa shape index (κ2) is 10.0. The van der Waals surface area contributed by atoms with Crippen LogP contribution in [0.1, 0.15) is 32.6 Å². The van der Waals surface area contributed by atoms with Gasteiger partial charge in [-0.3, -0.25) is 0 Å². The number of carbonyl (C=O) groups excluding carboxylic acids is 1. The minimum atomic E-state index is -0.226. The first-order valence-corrected chi connectivity index (χ1v) is 6.23. The van der Waals surface area contributed by atoms with E-state index < -0.39 is 0 Å². The average molecular weight is 296 g/mol. The first-order chi connectivity index (χ1) is 6.31. The summed E-state index contributed by atoms with van der Waals surface area (Å²) in [6.07, 6.45) is 8.08. The quantitative estimate of drug-likeness (QED) is 0.237. The fraction of sp³-hybridized carbons (Fsp3) is 0.700. The van der Waals surface area contributed by atoms with Crippen molar-refractivity contribution in [2.75, 3.05) is 11.0 Å². The van der Waals surface area contributed by atoms with Gasteiger partial charge in [0.1, 0.15) is 0 Å². The maximum atomic E-state index is 10.8. The van der Waals surface area contributed by atoms with Crippen molar-refractivity contribution in [1.82, 2.24) is 0 Å². The molecule has 0 aliphatic heterocycles. The van der Waals surface area contributed by atoms with Gasteiger partial charge in [0.25, 0.3) is 0 Å². The van der Waals surface area contributed by atoms with Gasteiger partial charge in [-0.1, -0.05) is 35.1 Å². The maximum Gasteiger partial charge on any atom is 0.330 e. The number of hydrogen-bond donors (Lipinski definition) is 0. The molecule has 13 heavy (non-hydrogen) atoms. The lowest BCUT2D eigenvalue weighted by Crippen LogP contribution is -1.98. The molecule has 0 rings (SSSR count). The van der Waals surface area contributed by atoms with Crippen molar-refractivity contribution in [3.05, 3.63) is 12.2 Å². The molecular formula is C10H17IO2. The minimum Gasteiger partial charge on any atom is -0.463 e. The zero-order chi connectivity index (χ0) is 9.94. The Morgan fingerprint density at radius 1 is 1.38 bits per heavy atom. The first kappa shape index (κ1) is 12.9. The zero-order valence-corrected chi connectivity index (χ0v) is 10.2. The number of allylic oxidation sites excluding steroid dienone is 1. The van der Waals surface area contributed by atoms with E-state index in [9.17, 15) is 4.79 Å². The predicted octanol–water partition coefficient (Wildman–Crippen LogP) is 3.10. The highest BCUT2D eigenvalue weighted by Gasteiger charge is 1.91. The Labute approximate surface area is 93.9 Å². The fourth-order valence-electron chi connectivity index (χ4n) is 0.903. The molecule has 0 aromatic rings. The Balaban J connectivity index is 3.25. The third kappa shape index (κ3) is 9.86. The van der Waals surface area contributed by atoms with Gasteiger partial charge >= 0.3 is 5.97 Å². The number of hydrogen-bond acceptors (Lipinski definition) is 2. The van der Waals surface area contributed by atoms with E-state index >= 15 is 0 Å². The number of carbonyl (C=O) groups is 1. The van der Waals surface area contributed by atoms with Gasteiger partial charge < -0.3 is 4.74 Å². The zero-order valence-electron chi connectivity index (χ0n) is 8.09. The summed E-state index contributed by atoms with van der Waals surface area (Å²) in [5.74, 6) is -0.226. The Morgan fingerprint density at radius 2 is 2.15 bits per heavy atom. The van der Waals surface area contributed by atoms with E-state index in [-0.39, 0.29) is 5.97 Å². The summed E-state index contributed by atoms with van der Waals surface area (Å²) in [7, 11) is 0. The van der Waals surface area contributed by atoms with Gasteiger partial charge in [0.15, 0.2) is 0 Å². The number of unbranched alkanes of at least 4 members (excludes halogenated alkanes) is 3. The van der Waals surface area contributed by atoms with Crippen molar-refractivity contribution in [3.63, 3.8) is 0 Å². The molecule has 0 unspecified atom stereocenters. The van der Waals surface area contributed by atoms with Crippen molar-refractivity contribution in [3.8, 4) is 0 Å². The van der Waals surface area contributed by atoms with Crippen LogP contribution in [0.3, 0.4) is 0 Å². The second-order valence-corrected chi connectivity index (χ2v) is 3.77. The first-order valence-electron chi connectivity index (χ1n) is 4.70. The number of halogens is 1. The van der Waals surface area contributed by atoms with Crippen LogP contribution in [0.5, 0.6) is 0 Å². The molecule has 0 bridgehead atoms. The summed E-state index contributed by atoms with van der Waals surface area (Å²) in [5, 5.41) is 0. The predicted molar refractivity (Wildman–Crippen MR) is 63.1 cm³/mol. The Kier molecular flexibility index (Phi) is 9.98. The van der Waals surface area contributed by atoms with Crippen LogP contribution in [0.15, 0.2) is 12.2 Å². The van der Waals surface area contributed by atoms with Crippen molar-refractivity contribution in [2.45, 2.75) is 32.6 Å². The van der Waals surface area contributed by atoms with Crippen molar-refractivity contribution in [2.24, 2.45) is 0 Å². The van der Waals surface area contributed by atoms with Crippen LogP contribution >= 0.6 is 22.6 Å². The smallest absolute Gasteiger partial charge is 0.330 e. The molecule has 0 heterocycles. The standard InChI is InChI=1S/C10H17IO2/c1-2-13-10(12)8-6-4-3-5-7-9-11/h6,8H,2-5,7,9H2,1H3/b8-6+. The summed E-state index contributed by atoms with van der Waals surface area (Å²) in [6, 6.07) is 0. The lowest BCUT2D eigenvalue weighted by molar-refractivity contribution is -0.137. The summed E-state index contributed by atoms with van der Waals surface area (Å²) in [4.78, 5) is 10.8. The molecule has 0 aliphatic rings. The molecule has 0 saturated heterocycles. The molecule has 0 N–H and O–H groups in total. The van der Waals surface area contributed by atoms with Crippen molar-refractivity contribution in [1.29, 1.82) is 0 Å². The summed E-state index contributed by atoms with van der Waals surface area (Å²) in [5.41, 5.74) is 0. The SMILES string of the molecule is CCOC(=O)/C=C/CCCCCI. The molecule has 3 heteroatoms. The normalized spacial score (nSPS) is 10.6. The molecule has 76 valence electrons. The molecule has 0 aliphatic carbocycles. The largest absolute Gasteiger partial charge is 0.463 e. The lowest BCUT2D eigenvalue weighted by Gasteiger charge is -1.95. The molecule has 2 nitrogen and oxygen atoms in total. The van der Waals surface area contributed by atoms with Gasteiger partial charge in [-0.15, -0.1) is 0 Å². The van der Waals surface area contributed by atoms with E-state index in [0.29, 0.717) is 6.61 Å². The third-order valence-electron chi connectivity index (χ3n) is 1.54. The van der Waals surface area contributed by atoms with Crippen LogP contribution in [-0.2, 0) is 9.53 Å². The number of rotatable bonds is 7. The van der Waals surface area contributed by atoms with Gasteiger partial charge in [-0.05, 0) is 30.6 Å². The van der Waals surface area contributed by atoms with Crippen LogP contribution < -0.4 is 0 Å². The van der Waals surface area contributed by atoms with Crippen LogP contribution in [-0.4, -0.2) is 17.0 Å². The molecule has 0 radical (unpaired) electrons. The Bertz CT molecular complexity index is 155. The van der Waals surface area contributed by atoms with E-state index in [1.165, 1.54) is 29.8 Å². The van der Waals surface area contributed by atoms with Crippen LogP contribution in [0.2, 0.25) is 0 Å². The van der Waals surface area contributed by atoms with Gasteiger partial charge in [0, 0.05) is 6.08 Å². The Morgan fingerprint density at radius 3 is 2.77 bits per heavy atom. The highest BCUT2D eigenvalue weighted by atomic mass is 127. The van der Waals surface area contributed by atoms with Gasteiger partial charge in [-0.25, -0.2) is 4.79 Å². The molecule has 0 aromatic carbocycles. The van der Waals surface area contributed by atoms with E-state index in [0.717, 1.165) is 6.42 Å². The lowest BCUT2D eigenvalue weighted by atomic mass is 10.2. The molecule has 0 saturated carbocycles. The molecule has 0 amide bonds. The third-order valence-corrected chi connectivity index (χ3v) is 2.31. The summed E-state index contributed by atoms with van der Waals surface area (Å²) < 4.78 is 5.96. The molecule has 0 aromatic heterocycles. The summed E-state index contributed by atoms with van der Waals surface area (Å²) >= 11 is 2.38. The van der Waals surface area contributed by atoms with E-state index in [2.05, 4.69) is 22.6 Å². The molecule has 0 fully saturated rings. The van der Waals surface area contributed by atoms with Crippen LogP contribution in [0.25, 0.3) is 0 Å². The molecule has 0 spiro atoms. The molecule has 0 atom stereocenters. The van der Waals surface area contributed by atoms with Gasteiger partial charge in [-0.2, -0.15) is 0 Å². The van der Waals surface area contributed by atoms with Gasteiger partial charge in [0.2, 0.25) is 0 Å². The van der Waals surface area contributed by atoms with Crippen molar-refractivity contribution >= 4 is 28.6 Å². The number of alkyl halides is 1. The van der Waals surface area contributed by atoms with Crippen LogP contribution in [0.4, 0.5) is 0 Å². The minimum absolute atomic E-state index is 0.226.